The van der Waals surface area contributed by atoms with Gasteiger partial charge in [0.15, 0.2) is 0 Å². The normalized spacial score (nSPS) is 27.7. The average molecular weight is 256 g/mol. The fourth-order valence-corrected chi connectivity index (χ4v) is 2.83. The summed E-state index contributed by atoms with van der Waals surface area (Å²) in [5, 5.41) is 3.58. The molecule has 0 aromatic heterocycles. The molecule has 3 unspecified atom stereocenters. The Hall–Kier alpha value is -0.120. The van der Waals surface area contributed by atoms with Gasteiger partial charge in [-0.05, 0) is 38.1 Å². The van der Waals surface area contributed by atoms with Crippen LogP contribution in [0.3, 0.4) is 0 Å². The summed E-state index contributed by atoms with van der Waals surface area (Å²) in [5.41, 5.74) is 0. The van der Waals surface area contributed by atoms with Gasteiger partial charge < -0.3 is 10.1 Å². The summed E-state index contributed by atoms with van der Waals surface area (Å²) in [5.74, 6) is 1.54. The fourth-order valence-electron chi connectivity index (χ4n) is 2.83. The topological polar surface area (TPSA) is 24.5 Å². The standard InChI is InChI=1S/C15H32N2O/c1-12(2)8-16-9-15(11-18-5)17-10-13(3)6-7-14(17)4/h12-16H,6-11H2,1-5H3. The van der Waals surface area contributed by atoms with Crippen molar-refractivity contribution in [1.82, 2.24) is 10.2 Å². The van der Waals surface area contributed by atoms with Crippen LogP contribution in [-0.4, -0.2) is 50.3 Å². The third-order valence-electron chi connectivity index (χ3n) is 3.93. The molecule has 0 aromatic rings. The predicted molar refractivity (Wildman–Crippen MR) is 77.9 cm³/mol. The molecular weight excluding hydrogens is 224 g/mol. The van der Waals surface area contributed by atoms with E-state index in [2.05, 4.69) is 37.9 Å². The molecule has 108 valence electrons. The van der Waals surface area contributed by atoms with Crippen molar-refractivity contribution in [1.29, 1.82) is 0 Å². The highest BCUT2D eigenvalue weighted by Gasteiger charge is 2.28. The zero-order chi connectivity index (χ0) is 13.5. The van der Waals surface area contributed by atoms with Crippen LogP contribution in [0.5, 0.6) is 0 Å². The molecule has 1 fully saturated rings. The van der Waals surface area contributed by atoms with Gasteiger partial charge in [0.05, 0.1) is 6.61 Å². The summed E-state index contributed by atoms with van der Waals surface area (Å²) in [7, 11) is 1.81. The van der Waals surface area contributed by atoms with Gasteiger partial charge in [0.25, 0.3) is 0 Å². The summed E-state index contributed by atoms with van der Waals surface area (Å²) >= 11 is 0. The van der Waals surface area contributed by atoms with Gasteiger partial charge in [0.1, 0.15) is 0 Å². The number of hydrogen-bond donors (Lipinski definition) is 1. The second-order valence-corrected chi connectivity index (χ2v) is 6.39. The number of ether oxygens (including phenoxy) is 1. The predicted octanol–water partition coefficient (Wildman–Crippen LogP) is 2.37. The molecule has 0 saturated carbocycles. The van der Waals surface area contributed by atoms with E-state index in [0.717, 1.165) is 25.6 Å². The first-order chi connectivity index (χ1) is 8.54. The van der Waals surface area contributed by atoms with E-state index in [-0.39, 0.29) is 0 Å². The maximum Gasteiger partial charge on any atom is 0.0630 e. The number of hydrogen-bond acceptors (Lipinski definition) is 3. The molecule has 0 spiro atoms. The molecule has 0 aromatic carbocycles. The van der Waals surface area contributed by atoms with Crippen molar-refractivity contribution in [2.45, 2.75) is 52.6 Å². The number of nitrogens with one attached hydrogen (secondary N) is 1. The quantitative estimate of drug-likeness (QED) is 0.757. The molecule has 1 rings (SSSR count). The minimum absolute atomic E-state index is 0.520. The van der Waals surface area contributed by atoms with Crippen molar-refractivity contribution < 1.29 is 4.74 Å². The van der Waals surface area contributed by atoms with Gasteiger partial charge in [-0.25, -0.2) is 0 Å². The lowest BCUT2D eigenvalue weighted by atomic mass is 9.93. The van der Waals surface area contributed by atoms with Crippen LogP contribution in [0.1, 0.15) is 40.5 Å². The van der Waals surface area contributed by atoms with Crippen molar-refractivity contribution in [3.05, 3.63) is 0 Å². The van der Waals surface area contributed by atoms with Gasteiger partial charge in [-0.1, -0.05) is 20.8 Å². The van der Waals surface area contributed by atoms with E-state index in [9.17, 15) is 0 Å². The molecule has 1 heterocycles. The Morgan fingerprint density at radius 1 is 1.22 bits per heavy atom. The maximum atomic E-state index is 5.42. The Labute approximate surface area is 113 Å². The second-order valence-electron chi connectivity index (χ2n) is 6.39. The van der Waals surface area contributed by atoms with Gasteiger partial charge in [0.2, 0.25) is 0 Å². The average Bonchev–Trinajstić information content (AvgIpc) is 2.31. The van der Waals surface area contributed by atoms with Crippen molar-refractivity contribution in [3.63, 3.8) is 0 Å². The molecule has 1 aliphatic rings. The Morgan fingerprint density at radius 2 is 1.94 bits per heavy atom. The smallest absolute Gasteiger partial charge is 0.0630 e. The van der Waals surface area contributed by atoms with Gasteiger partial charge in [-0.2, -0.15) is 0 Å². The van der Waals surface area contributed by atoms with Crippen molar-refractivity contribution in [2.75, 3.05) is 33.4 Å². The zero-order valence-corrected chi connectivity index (χ0v) is 12.9. The molecule has 3 atom stereocenters. The van der Waals surface area contributed by atoms with Gasteiger partial charge in [-0.3, -0.25) is 4.90 Å². The van der Waals surface area contributed by atoms with E-state index in [1.54, 1.807) is 0 Å². The highest BCUT2D eigenvalue weighted by atomic mass is 16.5. The summed E-state index contributed by atoms with van der Waals surface area (Å²) in [4.78, 5) is 2.64. The molecule has 1 aliphatic heterocycles. The molecule has 18 heavy (non-hydrogen) atoms. The molecule has 1 saturated heterocycles. The minimum Gasteiger partial charge on any atom is -0.383 e. The summed E-state index contributed by atoms with van der Waals surface area (Å²) in [6.45, 7) is 13.4. The maximum absolute atomic E-state index is 5.42. The Balaban J connectivity index is 2.47. The molecule has 0 aliphatic carbocycles. The molecule has 3 nitrogen and oxygen atoms in total. The van der Waals surface area contributed by atoms with Crippen LogP contribution in [0.4, 0.5) is 0 Å². The first kappa shape index (κ1) is 15.9. The number of piperidine rings is 1. The van der Waals surface area contributed by atoms with E-state index in [0.29, 0.717) is 18.0 Å². The first-order valence-corrected chi connectivity index (χ1v) is 7.50. The van der Waals surface area contributed by atoms with E-state index >= 15 is 0 Å². The van der Waals surface area contributed by atoms with Crippen LogP contribution in [0.25, 0.3) is 0 Å². The first-order valence-electron chi connectivity index (χ1n) is 7.50. The molecule has 0 radical (unpaired) electrons. The van der Waals surface area contributed by atoms with Crippen molar-refractivity contribution >= 4 is 0 Å². The zero-order valence-electron chi connectivity index (χ0n) is 12.9. The van der Waals surface area contributed by atoms with Crippen LogP contribution in [0.15, 0.2) is 0 Å². The van der Waals surface area contributed by atoms with E-state index in [1.807, 2.05) is 7.11 Å². The number of methoxy groups -OCH3 is 1. The Kier molecular flexibility index (Phi) is 7.20. The summed E-state index contributed by atoms with van der Waals surface area (Å²) < 4.78 is 5.42. The van der Waals surface area contributed by atoms with Crippen LogP contribution in [0.2, 0.25) is 0 Å². The van der Waals surface area contributed by atoms with E-state index in [1.165, 1.54) is 19.4 Å². The highest BCUT2D eigenvalue weighted by molar-refractivity contribution is 4.84. The fraction of sp³-hybridized carbons (Fsp3) is 1.00. The second kappa shape index (κ2) is 8.13. The van der Waals surface area contributed by atoms with Crippen molar-refractivity contribution in [2.24, 2.45) is 11.8 Å². The van der Waals surface area contributed by atoms with Crippen LogP contribution in [0, 0.1) is 11.8 Å². The largest absolute Gasteiger partial charge is 0.383 e. The van der Waals surface area contributed by atoms with E-state index in [4.69, 9.17) is 4.74 Å². The van der Waals surface area contributed by atoms with Crippen LogP contribution >= 0.6 is 0 Å². The molecule has 0 amide bonds. The molecule has 0 bridgehead atoms. The lowest BCUT2D eigenvalue weighted by Gasteiger charge is -2.42. The number of likely N-dealkylation sites (tertiary alicyclic amines) is 1. The highest BCUT2D eigenvalue weighted by Crippen LogP contribution is 2.23. The number of nitrogens with zero attached hydrogens (tertiary/aromatic N) is 1. The van der Waals surface area contributed by atoms with Gasteiger partial charge >= 0.3 is 0 Å². The summed E-state index contributed by atoms with van der Waals surface area (Å²) in [6, 6.07) is 1.22. The molecule has 3 heteroatoms. The third-order valence-corrected chi connectivity index (χ3v) is 3.93. The SMILES string of the molecule is COCC(CNCC(C)C)N1CC(C)CCC1C. The third kappa shape index (κ3) is 5.25. The minimum atomic E-state index is 0.520. The lowest BCUT2D eigenvalue weighted by Crippen LogP contribution is -2.53. The van der Waals surface area contributed by atoms with Crippen LogP contribution in [-0.2, 0) is 4.74 Å². The summed E-state index contributed by atoms with van der Waals surface area (Å²) in [6.07, 6.45) is 2.70. The van der Waals surface area contributed by atoms with Gasteiger partial charge in [0, 0.05) is 32.3 Å². The molecule has 1 N–H and O–H groups in total. The Bertz CT molecular complexity index is 221. The Morgan fingerprint density at radius 3 is 2.56 bits per heavy atom. The van der Waals surface area contributed by atoms with E-state index < -0.39 is 0 Å². The number of rotatable bonds is 7. The monoisotopic (exact) mass is 256 g/mol. The van der Waals surface area contributed by atoms with Gasteiger partial charge in [-0.15, -0.1) is 0 Å². The van der Waals surface area contributed by atoms with Crippen molar-refractivity contribution in [3.8, 4) is 0 Å². The molecular formula is C15H32N2O. The lowest BCUT2D eigenvalue weighted by molar-refractivity contribution is 0.0302. The van der Waals surface area contributed by atoms with Crippen LogP contribution < -0.4 is 5.32 Å².